The maximum Gasteiger partial charge on any atom is 0.319 e. The summed E-state index contributed by atoms with van der Waals surface area (Å²) in [6, 6.07) is 11.1. The number of amides is 3. The predicted molar refractivity (Wildman–Crippen MR) is 114 cm³/mol. The molecule has 9 nitrogen and oxygen atoms in total. The third kappa shape index (κ3) is 6.63. The zero-order valence-corrected chi connectivity index (χ0v) is 17.0. The summed E-state index contributed by atoms with van der Waals surface area (Å²) in [7, 11) is 0. The van der Waals surface area contributed by atoms with Crippen LogP contribution in [0, 0.1) is 0 Å². The number of anilines is 2. The van der Waals surface area contributed by atoms with Crippen LogP contribution in [0.1, 0.15) is 12.5 Å². The molecule has 0 unspecified atom stereocenters. The first kappa shape index (κ1) is 21.4. The molecule has 1 fully saturated rings. The van der Waals surface area contributed by atoms with Crippen molar-refractivity contribution in [3.8, 4) is 5.88 Å². The average molecular weight is 413 g/mol. The summed E-state index contributed by atoms with van der Waals surface area (Å²) in [6.07, 6.45) is 1.47. The fraction of sp³-hybridized carbons (Fsp3) is 0.381. The number of hydrogen-bond acceptors (Lipinski definition) is 6. The number of nitrogens with zero attached hydrogens (tertiary/aromatic N) is 2. The summed E-state index contributed by atoms with van der Waals surface area (Å²) < 4.78 is 10.8. The number of ether oxygens (including phenoxy) is 2. The lowest BCUT2D eigenvalue weighted by atomic mass is 10.2. The van der Waals surface area contributed by atoms with Crippen molar-refractivity contribution < 1.29 is 19.1 Å². The molecule has 1 aliphatic rings. The number of benzene rings is 1. The Balaban J connectivity index is 1.39. The zero-order chi connectivity index (χ0) is 21.2. The van der Waals surface area contributed by atoms with Gasteiger partial charge < -0.3 is 30.3 Å². The van der Waals surface area contributed by atoms with Gasteiger partial charge in [0.2, 0.25) is 5.88 Å². The van der Waals surface area contributed by atoms with Crippen LogP contribution in [0.15, 0.2) is 42.6 Å². The molecule has 3 N–H and O–H groups in total. The highest BCUT2D eigenvalue weighted by atomic mass is 16.5. The van der Waals surface area contributed by atoms with E-state index in [0.717, 1.165) is 37.6 Å². The van der Waals surface area contributed by atoms with Crippen molar-refractivity contribution in [3.63, 3.8) is 0 Å². The maximum atomic E-state index is 12.0. The van der Waals surface area contributed by atoms with Crippen LogP contribution >= 0.6 is 0 Å². The van der Waals surface area contributed by atoms with Crippen molar-refractivity contribution in [1.82, 2.24) is 15.6 Å². The Hall–Kier alpha value is -3.33. The number of carbonyl (C=O) groups is 2. The number of aromatic nitrogens is 1. The SMILES string of the molecule is CCNC(=O)Nc1ccc(OCC(=O)NCc2ccc(N3CCOCC3)cc2)nc1. The fourth-order valence-corrected chi connectivity index (χ4v) is 2.91. The molecular weight excluding hydrogens is 386 g/mol. The standard InChI is InChI=1S/C21H27N5O4/c1-2-22-21(28)25-17-5-8-20(24-14-17)30-15-19(27)23-13-16-3-6-18(7-4-16)26-9-11-29-12-10-26/h3-8,14H,2,9-13,15H2,1H3,(H,23,27)(H2,22,25,28). The van der Waals surface area contributed by atoms with Crippen molar-refractivity contribution in [2.45, 2.75) is 13.5 Å². The van der Waals surface area contributed by atoms with Gasteiger partial charge in [0, 0.05) is 37.9 Å². The molecular formula is C21H27N5O4. The van der Waals surface area contributed by atoms with Crippen LogP contribution in [0.3, 0.4) is 0 Å². The van der Waals surface area contributed by atoms with E-state index in [9.17, 15) is 9.59 Å². The number of carbonyl (C=O) groups excluding carboxylic acids is 2. The fourth-order valence-electron chi connectivity index (χ4n) is 2.91. The smallest absolute Gasteiger partial charge is 0.319 e. The normalized spacial score (nSPS) is 13.4. The summed E-state index contributed by atoms with van der Waals surface area (Å²) in [5, 5.41) is 8.10. The van der Waals surface area contributed by atoms with Crippen LogP contribution in [-0.4, -0.2) is 56.4 Å². The molecule has 0 atom stereocenters. The molecule has 1 aromatic carbocycles. The van der Waals surface area contributed by atoms with Crippen LogP contribution in [0.4, 0.5) is 16.2 Å². The molecule has 2 heterocycles. The highest BCUT2D eigenvalue weighted by Crippen LogP contribution is 2.16. The van der Waals surface area contributed by atoms with Gasteiger partial charge in [-0.2, -0.15) is 0 Å². The molecule has 0 radical (unpaired) electrons. The van der Waals surface area contributed by atoms with Crippen molar-refractivity contribution in [2.24, 2.45) is 0 Å². The van der Waals surface area contributed by atoms with Crippen LogP contribution in [0.25, 0.3) is 0 Å². The molecule has 1 saturated heterocycles. The van der Waals surface area contributed by atoms with Crippen molar-refractivity contribution in [1.29, 1.82) is 0 Å². The van der Waals surface area contributed by atoms with Gasteiger partial charge in [-0.05, 0) is 30.7 Å². The monoisotopic (exact) mass is 413 g/mol. The number of nitrogens with one attached hydrogen (secondary N) is 3. The van der Waals surface area contributed by atoms with Crippen LogP contribution in [0.2, 0.25) is 0 Å². The number of hydrogen-bond donors (Lipinski definition) is 3. The van der Waals surface area contributed by atoms with E-state index in [1.807, 2.05) is 19.1 Å². The van der Waals surface area contributed by atoms with E-state index >= 15 is 0 Å². The van der Waals surface area contributed by atoms with E-state index in [-0.39, 0.29) is 18.5 Å². The molecule has 0 spiro atoms. The molecule has 0 bridgehead atoms. The average Bonchev–Trinajstić information content (AvgIpc) is 2.78. The molecule has 3 rings (SSSR count). The van der Waals surface area contributed by atoms with Gasteiger partial charge in [0.05, 0.1) is 25.1 Å². The quantitative estimate of drug-likeness (QED) is 0.609. The van der Waals surface area contributed by atoms with Crippen molar-refractivity contribution >= 4 is 23.3 Å². The van der Waals surface area contributed by atoms with Crippen LogP contribution in [-0.2, 0) is 16.1 Å². The lowest BCUT2D eigenvalue weighted by Gasteiger charge is -2.28. The van der Waals surface area contributed by atoms with Gasteiger partial charge in [-0.1, -0.05) is 12.1 Å². The third-order valence-corrected chi connectivity index (χ3v) is 4.48. The largest absolute Gasteiger partial charge is 0.468 e. The lowest BCUT2D eigenvalue weighted by molar-refractivity contribution is -0.123. The molecule has 2 aromatic rings. The van der Waals surface area contributed by atoms with Gasteiger partial charge in [-0.15, -0.1) is 0 Å². The topological polar surface area (TPSA) is 105 Å². The van der Waals surface area contributed by atoms with E-state index in [1.165, 1.54) is 6.20 Å². The second-order valence-corrected chi connectivity index (χ2v) is 6.70. The first-order chi connectivity index (χ1) is 14.6. The van der Waals surface area contributed by atoms with Crippen LogP contribution in [0.5, 0.6) is 5.88 Å². The Bertz CT molecular complexity index is 820. The van der Waals surface area contributed by atoms with E-state index in [1.54, 1.807) is 12.1 Å². The number of rotatable bonds is 8. The predicted octanol–water partition coefficient (Wildman–Crippen LogP) is 1.75. The maximum absolute atomic E-state index is 12.0. The number of morpholine rings is 1. The second kappa shape index (κ2) is 11.0. The highest BCUT2D eigenvalue weighted by molar-refractivity contribution is 5.88. The van der Waals surface area contributed by atoms with Gasteiger partial charge in [-0.3, -0.25) is 4.79 Å². The van der Waals surface area contributed by atoms with E-state index in [0.29, 0.717) is 24.7 Å². The third-order valence-electron chi connectivity index (χ3n) is 4.48. The molecule has 30 heavy (non-hydrogen) atoms. The first-order valence-corrected chi connectivity index (χ1v) is 9.96. The second-order valence-electron chi connectivity index (χ2n) is 6.70. The highest BCUT2D eigenvalue weighted by Gasteiger charge is 2.11. The Morgan fingerprint density at radius 1 is 1.10 bits per heavy atom. The van der Waals surface area contributed by atoms with Gasteiger partial charge >= 0.3 is 6.03 Å². The summed E-state index contributed by atoms with van der Waals surface area (Å²) in [5.41, 5.74) is 2.71. The van der Waals surface area contributed by atoms with Gasteiger partial charge in [0.1, 0.15) is 0 Å². The van der Waals surface area contributed by atoms with E-state index in [4.69, 9.17) is 9.47 Å². The lowest BCUT2D eigenvalue weighted by Crippen LogP contribution is -2.36. The molecule has 1 aliphatic heterocycles. The first-order valence-electron chi connectivity index (χ1n) is 9.96. The van der Waals surface area contributed by atoms with Gasteiger partial charge in [0.25, 0.3) is 5.91 Å². The van der Waals surface area contributed by atoms with Crippen molar-refractivity contribution in [2.75, 3.05) is 49.7 Å². The molecule has 1 aromatic heterocycles. The van der Waals surface area contributed by atoms with E-state index < -0.39 is 0 Å². The molecule has 3 amide bonds. The Kier molecular flexibility index (Phi) is 7.85. The number of urea groups is 1. The molecule has 9 heteroatoms. The van der Waals surface area contributed by atoms with Crippen LogP contribution < -0.4 is 25.6 Å². The summed E-state index contributed by atoms with van der Waals surface area (Å²) in [4.78, 5) is 29.9. The minimum Gasteiger partial charge on any atom is -0.468 e. The number of pyridine rings is 1. The Labute approximate surface area is 175 Å². The Morgan fingerprint density at radius 2 is 1.87 bits per heavy atom. The zero-order valence-electron chi connectivity index (χ0n) is 17.0. The molecule has 0 aliphatic carbocycles. The minimum atomic E-state index is -0.301. The van der Waals surface area contributed by atoms with Gasteiger partial charge in [0.15, 0.2) is 6.61 Å². The molecule has 160 valence electrons. The summed E-state index contributed by atoms with van der Waals surface area (Å²) in [5.74, 6) is 0.0695. The van der Waals surface area contributed by atoms with E-state index in [2.05, 4.69) is 38.0 Å². The summed E-state index contributed by atoms with van der Waals surface area (Å²) >= 11 is 0. The minimum absolute atomic E-state index is 0.137. The molecule has 0 saturated carbocycles. The Morgan fingerprint density at radius 3 is 2.53 bits per heavy atom. The van der Waals surface area contributed by atoms with Crippen molar-refractivity contribution in [3.05, 3.63) is 48.2 Å². The summed E-state index contributed by atoms with van der Waals surface area (Å²) in [6.45, 7) is 5.94. The van der Waals surface area contributed by atoms with Gasteiger partial charge in [-0.25, -0.2) is 9.78 Å².